The van der Waals surface area contributed by atoms with Crippen LogP contribution in [0.3, 0.4) is 0 Å². The van der Waals surface area contributed by atoms with E-state index in [1.807, 2.05) is 0 Å². The Morgan fingerprint density at radius 3 is 2.42 bits per heavy atom. The molecule has 0 saturated heterocycles. The summed E-state index contributed by atoms with van der Waals surface area (Å²) < 4.78 is 0. The van der Waals surface area contributed by atoms with E-state index in [4.69, 9.17) is 5.73 Å². The molecule has 116 valence electrons. The van der Waals surface area contributed by atoms with Crippen molar-refractivity contribution in [3.05, 3.63) is 0 Å². The van der Waals surface area contributed by atoms with E-state index in [0.717, 1.165) is 32.0 Å². The van der Waals surface area contributed by atoms with Crippen LogP contribution in [0, 0.1) is 5.92 Å². The Morgan fingerprint density at radius 2 is 1.89 bits per heavy atom. The van der Waals surface area contributed by atoms with Crippen LogP contribution in [0.25, 0.3) is 0 Å². The minimum absolute atomic E-state index is 0. The fourth-order valence-electron chi connectivity index (χ4n) is 1.70. The molecule has 0 bridgehead atoms. The van der Waals surface area contributed by atoms with Crippen molar-refractivity contribution in [2.45, 2.75) is 53.0 Å². The van der Waals surface area contributed by atoms with E-state index >= 15 is 0 Å². The summed E-state index contributed by atoms with van der Waals surface area (Å²) in [6, 6.07) is 0.413. The molecule has 0 rings (SSSR count). The van der Waals surface area contributed by atoms with Gasteiger partial charge in [-0.05, 0) is 32.9 Å². The lowest BCUT2D eigenvalue weighted by molar-refractivity contribution is 0.363. The van der Waals surface area contributed by atoms with Gasteiger partial charge in [-0.15, -0.1) is 24.0 Å². The summed E-state index contributed by atoms with van der Waals surface area (Å²) in [5.41, 5.74) is 5.85. The van der Waals surface area contributed by atoms with Gasteiger partial charge >= 0.3 is 0 Å². The SMILES string of the molecule is CCN(C)CCN=C(N)NC(C)CCCC(C)C.I. The molecule has 19 heavy (non-hydrogen) atoms. The highest BCUT2D eigenvalue weighted by atomic mass is 127. The summed E-state index contributed by atoms with van der Waals surface area (Å²) in [5, 5.41) is 3.25. The van der Waals surface area contributed by atoms with Crippen molar-refractivity contribution in [2.75, 3.05) is 26.7 Å². The van der Waals surface area contributed by atoms with Crippen LogP contribution in [0.4, 0.5) is 0 Å². The van der Waals surface area contributed by atoms with Gasteiger partial charge in [0.25, 0.3) is 0 Å². The first-order valence-corrected chi connectivity index (χ1v) is 7.20. The van der Waals surface area contributed by atoms with E-state index in [0.29, 0.717) is 12.0 Å². The molecule has 0 amide bonds. The molecule has 0 aromatic carbocycles. The molecule has 0 spiro atoms. The number of hydrogen-bond acceptors (Lipinski definition) is 2. The van der Waals surface area contributed by atoms with Gasteiger partial charge in [-0.1, -0.05) is 33.6 Å². The summed E-state index contributed by atoms with van der Waals surface area (Å²) in [7, 11) is 2.09. The van der Waals surface area contributed by atoms with Crippen LogP contribution in [0.15, 0.2) is 4.99 Å². The minimum Gasteiger partial charge on any atom is -0.370 e. The minimum atomic E-state index is 0. The van der Waals surface area contributed by atoms with Gasteiger partial charge in [-0.2, -0.15) is 0 Å². The number of nitrogens with one attached hydrogen (secondary N) is 1. The summed E-state index contributed by atoms with van der Waals surface area (Å²) in [6.45, 7) is 11.6. The Hall–Kier alpha value is -0.0400. The van der Waals surface area contributed by atoms with Gasteiger partial charge in [0.2, 0.25) is 0 Å². The summed E-state index contributed by atoms with van der Waals surface area (Å²) in [5.74, 6) is 1.37. The Bertz CT molecular complexity index is 231. The molecule has 4 nitrogen and oxygen atoms in total. The number of nitrogens with two attached hydrogens (primary N) is 1. The predicted octanol–water partition coefficient (Wildman–Crippen LogP) is 2.68. The number of hydrogen-bond donors (Lipinski definition) is 2. The molecule has 0 aliphatic heterocycles. The Kier molecular flexibility index (Phi) is 14.5. The first-order chi connectivity index (χ1) is 8.45. The predicted molar refractivity (Wildman–Crippen MR) is 96.4 cm³/mol. The lowest BCUT2D eigenvalue weighted by atomic mass is 10.0. The molecule has 1 atom stereocenters. The maximum absolute atomic E-state index is 5.85. The molecule has 5 heteroatoms. The largest absolute Gasteiger partial charge is 0.370 e. The van der Waals surface area contributed by atoms with Crippen molar-refractivity contribution in [1.29, 1.82) is 0 Å². The van der Waals surface area contributed by atoms with Crippen LogP contribution < -0.4 is 11.1 Å². The second-order valence-corrected chi connectivity index (χ2v) is 5.53. The van der Waals surface area contributed by atoms with Gasteiger partial charge in [0.05, 0.1) is 6.54 Å². The molecule has 0 aromatic rings. The summed E-state index contributed by atoms with van der Waals surface area (Å²) in [6.07, 6.45) is 3.69. The third kappa shape index (κ3) is 14.2. The highest BCUT2D eigenvalue weighted by molar-refractivity contribution is 14.0. The first kappa shape index (κ1) is 21.3. The fraction of sp³-hybridized carbons (Fsp3) is 0.929. The zero-order valence-corrected chi connectivity index (χ0v) is 15.6. The molecular formula is C14H33IN4. The maximum atomic E-state index is 5.85. The zero-order valence-electron chi connectivity index (χ0n) is 13.3. The molecule has 1 unspecified atom stereocenters. The Balaban J connectivity index is 0. The van der Waals surface area contributed by atoms with Crippen LogP contribution in [0.1, 0.15) is 47.0 Å². The average molecular weight is 384 g/mol. The number of likely N-dealkylation sites (N-methyl/N-ethyl adjacent to an activating group) is 1. The van der Waals surface area contributed by atoms with E-state index in [9.17, 15) is 0 Å². The van der Waals surface area contributed by atoms with E-state index in [1.54, 1.807) is 0 Å². The smallest absolute Gasteiger partial charge is 0.188 e. The number of halogens is 1. The number of nitrogens with zero attached hydrogens (tertiary/aromatic N) is 2. The van der Waals surface area contributed by atoms with Crippen LogP contribution in [-0.4, -0.2) is 43.6 Å². The van der Waals surface area contributed by atoms with Crippen molar-refractivity contribution in [3.63, 3.8) is 0 Å². The molecule has 3 N–H and O–H groups in total. The second-order valence-electron chi connectivity index (χ2n) is 5.53. The topological polar surface area (TPSA) is 53.6 Å². The summed E-state index contributed by atoms with van der Waals surface area (Å²) >= 11 is 0. The molecule has 0 fully saturated rings. The van der Waals surface area contributed by atoms with Gasteiger partial charge in [-0.3, -0.25) is 4.99 Å². The van der Waals surface area contributed by atoms with Crippen LogP contribution in [0.2, 0.25) is 0 Å². The van der Waals surface area contributed by atoms with E-state index in [2.05, 4.69) is 50.0 Å². The lowest BCUT2D eigenvalue weighted by Gasteiger charge is -2.16. The molecular weight excluding hydrogens is 351 g/mol. The fourth-order valence-corrected chi connectivity index (χ4v) is 1.70. The standard InChI is InChI=1S/C14H32N4.HI/c1-6-18(5)11-10-16-14(15)17-13(4)9-7-8-12(2)3;/h12-13H,6-11H2,1-5H3,(H3,15,16,17);1H. The molecule has 0 aromatic heterocycles. The quantitative estimate of drug-likeness (QED) is 0.365. The molecule has 0 radical (unpaired) electrons. The zero-order chi connectivity index (χ0) is 14.0. The molecule has 0 saturated carbocycles. The van der Waals surface area contributed by atoms with Crippen LogP contribution in [-0.2, 0) is 0 Å². The molecule has 0 aliphatic carbocycles. The van der Waals surface area contributed by atoms with Gasteiger partial charge in [0.15, 0.2) is 5.96 Å². The second kappa shape index (κ2) is 13.0. The lowest BCUT2D eigenvalue weighted by Crippen LogP contribution is -2.39. The Labute approximate surface area is 136 Å². The number of rotatable bonds is 9. The number of guanidine groups is 1. The van der Waals surface area contributed by atoms with Gasteiger partial charge in [0, 0.05) is 12.6 Å². The van der Waals surface area contributed by atoms with Crippen molar-refractivity contribution in [1.82, 2.24) is 10.2 Å². The third-order valence-electron chi connectivity index (χ3n) is 3.12. The highest BCUT2D eigenvalue weighted by Gasteiger charge is 2.03. The highest BCUT2D eigenvalue weighted by Crippen LogP contribution is 2.07. The van der Waals surface area contributed by atoms with E-state index in [-0.39, 0.29) is 24.0 Å². The van der Waals surface area contributed by atoms with Crippen molar-refractivity contribution in [2.24, 2.45) is 16.6 Å². The van der Waals surface area contributed by atoms with Crippen molar-refractivity contribution < 1.29 is 0 Å². The average Bonchev–Trinajstić information content (AvgIpc) is 2.28. The van der Waals surface area contributed by atoms with Crippen molar-refractivity contribution >= 4 is 29.9 Å². The van der Waals surface area contributed by atoms with E-state index in [1.165, 1.54) is 12.8 Å². The molecule has 0 heterocycles. The monoisotopic (exact) mass is 384 g/mol. The van der Waals surface area contributed by atoms with Gasteiger partial charge in [0.1, 0.15) is 0 Å². The number of aliphatic imine (C=N–C) groups is 1. The van der Waals surface area contributed by atoms with E-state index < -0.39 is 0 Å². The third-order valence-corrected chi connectivity index (χ3v) is 3.12. The Morgan fingerprint density at radius 1 is 1.26 bits per heavy atom. The summed E-state index contributed by atoms with van der Waals surface area (Å²) in [4.78, 5) is 6.56. The normalized spacial score (nSPS) is 13.5. The first-order valence-electron chi connectivity index (χ1n) is 7.20. The van der Waals surface area contributed by atoms with Crippen LogP contribution >= 0.6 is 24.0 Å². The molecule has 0 aliphatic rings. The van der Waals surface area contributed by atoms with Crippen molar-refractivity contribution in [3.8, 4) is 0 Å². The van der Waals surface area contributed by atoms with Gasteiger partial charge in [-0.25, -0.2) is 0 Å². The van der Waals surface area contributed by atoms with Crippen LogP contribution in [0.5, 0.6) is 0 Å². The van der Waals surface area contributed by atoms with Gasteiger partial charge < -0.3 is 16.0 Å². The maximum Gasteiger partial charge on any atom is 0.188 e.